The Bertz CT molecular complexity index is 352. The van der Waals surface area contributed by atoms with Crippen LogP contribution in [0, 0.1) is 5.82 Å². The summed E-state index contributed by atoms with van der Waals surface area (Å²) in [5.74, 6) is -2.19. The monoisotopic (exact) mass is 242 g/mol. The second kappa shape index (κ2) is 4.87. The van der Waals surface area contributed by atoms with Crippen LogP contribution in [0.5, 0.6) is 0 Å². The van der Waals surface area contributed by atoms with E-state index in [0.29, 0.717) is 5.56 Å². The maximum atomic E-state index is 12.7. The fourth-order valence-corrected chi connectivity index (χ4v) is 1.75. The third kappa shape index (κ3) is 3.30. The van der Waals surface area contributed by atoms with E-state index < -0.39 is 24.5 Å². The van der Waals surface area contributed by atoms with Gasteiger partial charge in [-0.25, -0.2) is 4.39 Å². The largest absolute Gasteiger partial charge is 1.00 e. The second-order valence-corrected chi connectivity index (χ2v) is 3.69. The zero-order valence-electron chi connectivity index (χ0n) is 8.26. The molecule has 0 spiro atoms. The normalized spacial score (nSPS) is 24.5. The van der Waals surface area contributed by atoms with Crippen molar-refractivity contribution in [1.29, 1.82) is 0 Å². The predicted molar refractivity (Wildman–Crippen MR) is 46.6 cm³/mol. The smallest absolute Gasteiger partial charge is 0.449 e. The molecule has 6 heteroatoms. The van der Waals surface area contributed by atoms with E-state index in [0.717, 1.165) is 0 Å². The van der Waals surface area contributed by atoms with Crippen molar-refractivity contribution in [2.75, 3.05) is 0 Å². The van der Waals surface area contributed by atoms with Crippen molar-refractivity contribution < 1.29 is 68.7 Å². The Morgan fingerprint density at radius 3 is 2.33 bits per heavy atom. The van der Waals surface area contributed by atoms with Gasteiger partial charge in [-0.3, -0.25) is 0 Å². The Balaban J connectivity index is 0.00000112. The van der Waals surface area contributed by atoms with Crippen LogP contribution in [0.1, 0.15) is 17.9 Å². The number of halogens is 4. The molecule has 0 nitrogen and oxygen atoms in total. The molecule has 1 fully saturated rings. The summed E-state index contributed by atoms with van der Waals surface area (Å²) in [7, 11) is 0. The van der Waals surface area contributed by atoms with E-state index in [1.165, 1.54) is 18.2 Å². The van der Waals surface area contributed by atoms with E-state index in [1.807, 2.05) is 0 Å². The third-order valence-corrected chi connectivity index (χ3v) is 2.60. The van der Waals surface area contributed by atoms with Crippen molar-refractivity contribution in [1.82, 2.24) is 0 Å². The molecule has 0 amide bonds. The molecule has 1 aliphatic carbocycles. The van der Waals surface area contributed by atoms with Crippen molar-refractivity contribution in [3.8, 4) is 0 Å². The van der Waals surface area contributed by atoms with E-state index in [1.54, 1.807) is 6.07 Å². The van der Waals surface area contributed by atoms with Gasteiger partial charge in [0.25, 0.3) is 0 Å². The van der Waals surface area contributed by atoms with Crippen molar-refractivity contribution in [3.05, 3.63) is 35.6 Å². The standard InChI is InChI=1S/C9H8BF4.K/c11-7-3-1-2-6(4-7)8-5-9(8)10(12,13)14;/h1-4,8-9H,5H2;/q-1;+1. The molecule has 76 valence electrons. The Hall–Kier alpha value is 0.641. The minimum absolute atomic E-state index is 0. The van der Waals surface area contributed by atoms with E-state index in [4.69, 9.17) is 0 Å². The van der Waals surface area contributed by atoms with Crippen LogP contribution < -0.4 is 51.4 Å². The van der Waals surface area contributed by atoms with Crippen LogP contribution in [0.15, 0.2) is 24.3 Å². The van der Waals surface area contributed by atoms with Crippen LogP contribution in [-0.4, -0.2) is 6.98 Å². The van der Waals surface area contributed by atoms with Crippen LogP contribution in [0.3, 0.4) is 0 Å². The molecular weight excluding hydrogens is 234 g/mol. The molecule has 1 aliphatic rings. The molecule has 0 radical (unpaired) electrons. The van der Waals surface area contributed by atoms with Gasteiger partial charge in [0.2, 0.25) is 0 Å². The molecular formula is C9H8BF4K. The molecule has 1 saturated carbocycles. The number of benzene rings is 1. The Morgan fingerprint density at radius 1 is 1.20 bits per heavy atom. The van der Waals surface area contributed by atoms with Crippen molar-refractivity contribution in [2.24, 2.45) is 0 Å². The molecule has 0 heterocycles. The van der Waals surface area contributed by atoms with Crippen LogP contribution in [-0.2, 0) is 0 Å². The molecule has 1 aromatic rings. The van der Waals surface area contributed by atoms with Crippen LogP contribution in [0.25, 0.3) is 0 Å². The third-order valence-electron chi connectivity index (χ3n) is 2.60. The molecule has 15 heavy (non-hydrogen) atoms. The van der Waals surface area contributed by atoms with E-state index in [9.17, 15) is 17.3 Å². The Morgan fingerprint density at radius 2 is 1.87 bits per heavy atom. The summed E-state index contributed by atoms with van der Waals surface area (Å²) in [6.07, 6.45) is 0.118. The fraction of sp³-hybridized carbons (Fsp3) is 0.333. The molecule has 1 aromatic carbocycles. The topological polar surface area (TPSA) is 0 Å². The first-order chi connectivity index (χ1) is 6.48. The van der Waals surface area contributed by atoms with Gasteiger partial charge in [0.15, 0.2) is 0 Å². The molecule has 2 atom stereocenters. The zero-order valence-corrected chi connectivity index (χ0v) is 11.4. The summed E-state index contributed by atoms with van der Waals surface area (Å²) < 4.78 is 49.4. The van der Waals surface area contributed by atoms with Crippen molar-refractivity contribution in [3.63, 3.8) is 0 Å². The Kier molecular flexibility index (Phi) is 4.45. The van der Waals surface area contributed by atoms with Gasteiger partial charge >= 0.3 is 58.4 Å². The number of hydrogen-bond donors (Lipinski definition) is 0. The summed E-state index contributed by atoms with van der Waals surface area (Å²) in [4.78, 5) is 0. The van der Waals surface area contributed by atoms with Gasteiger partial charge in [0.05, 0.1) is 0 Å². The molecule has 0 aliphatic heterocycles. The van der Waals surface area contributed by atoms with Gasteiger partial charge in [-0.05, 0) is 23.6 Å². The first kappa shape index (κ1) is 13.7. The van der Waals surface area contributed by atoms with Gasteiger partial charge in [0, 0.05) is 0 Å². The van der Waals surface area contributed by atoms with Crippen molar-refractivity contribution >= 4 is 6.98 Å². The quantitative estimate of drug-likeness (QED) is 0.524. The van der Waals surface area contributed by atoms with E-state index in [-0.39, 0.29) is 57.8 Å². The maximum absolute atomic E-state index is 12.7. The summed E-state index contributed by atoms with van der Waals surface area (Å²) in [6, 6.07) is 5.42. The molecule has 0 N–H and O–H groups in total. The van der Waals surface area contributed by atoms with Crippen molar-refractivity contribution in [2.45, 2.75) is 18.2 Å². The molecule has 0 bridgehead atoms. The SMILES string of the molecule is Fc1cccc(C2CC2[B-](F)(F)F)c1.[K+]. The zero-order chi connectivity index (χ0) is 10.3. The summed E-state index contributed by atoms with van der Waals surface area (Å²) >= 11 is 0. The first-order valence-corrected chi connectivity index (χ1v) is 4.44. The van der Waals surface area contributed by atoms with Crippen LogP contribution in [0.4, 0.5) is 17.3 Å². The maximum Gasteiger partial charge on any atom is 1.00 e. The average molecular weight is 242 g/mol. The summed E-state index contributed by atoms with van der Waals surface area (Å²) in [6.45, 7) is -4.76. The van der Waals surface area contributed by atoms with Gasteiger partial charge < -0.3 is 12.9 Å². The summed E-state index contributed by atoms with van der Waals surface area (Å²) in [5.41, 5.74) is 0.467. The number of hydrogen-bond acceptors (Lipinski definition) is 0. The second-order valence-electron chi connectivity index (χ2n) is 3.69. The minimum atomic E-state index is -4.76. The molecule has 0 saturated heterocycles. The summed E-state index contributed by atoms with van der Waals surface area (Å²) in [5, 5.41) is 0. The van der Waals surface area contributed by atoms with Gasteiger partial charge in [-0.2, -0.15) is 0 Å². The average Bonchev–Trinajstić information content (AvgIpc) is 2.81. The predicted octanol–water partition coefficient (Wildman–Crippen LogP) is 0.535. The molecule has 0 aromatic heterocycles. The van der Waals surface area contributed by atoms with Crippen LogP contribution in [0.2, 0.25) is 5.82 Å². The Labute approximate surface area is 128 Å². The van der Waals surface area contributed by atoms with E-state index >= 15 is 0 Å². The first-order valence-electron chi connectivity index (χ1n) is 4.44. The number of rotatable bonds is 2. The van der Waals surface area contributed by atoms with Gasteiger partial charge in [-0.1, -0.05) is 24.4 Å². The minimum Gasteiger partial charge on any atom is -0.449 e. The van der Waals surface area contributed by atoms with Gasteiger partial charge in [0.1, 0.15) is 5.82 Å². The van der Waals surface area contributed by atoms with Crippen LogP contribution >= 0.6 is 0 Å². The molecule has 2 rings (SSSR count). The van der Waals surface area contributed by atoms with Gasteiger partial charge in [-0.15, -0.1) is 0 Å². The fourth-order valence-electron chi connectivity index (χ4n) is 1.75. The molecule has 2 unspecified atom stereocenters. The van der Waals surface area contributed by atoms with E-state index in [2.05, 4.69) is 0 Å².